The third kappa shape index (κ3) is 180. The van der Waals surface area contributed by atoms with Gasteiger partial charge >= 0.3 is 41.5 Å². The third-order valence-electron chi connectivity index (χ3n) is 0.442. The minimum Gasteiger partial charge on any atom is -0.793 e. The summed E-state index contributed by atoms with van der Waals surface area (Å²) in [4.78, 5) is 45.6. The molecule has 0 saturated carbocycles. The summed E-state index contributed by atoms with van der Waals surface area (Å²) in [6.07, 6.45) is 1.17. The van der Waals surface area contributed by atoms with E-state index in [1.165, 1.54) is 20.1 Å². The number of nitrogens with two attached hydrogens (primary N) is 1. The van der Waals surface area contributed by atoms with E-state index in [0.717, 1.165) is 13.8 Å². The number of carbonyl (C=O) groups is 4. The minimum absolute atomic E-state index is 0. The summed E-state index contributed by atoms with van der Waals surface area (Å²) in [5, 5.41) is 0. The van der Waals surface area contributed by atoms with Gasteiger partial charge in [0.15, 0.2) is 0 Å². The average molecular weight is 382 g/mol. The van der Waals surface area contributed by atoms with E-state index in [1.807, 2.05) is 9.24 Å². The molecule has 23 heavy (non-hydrogen) atoms. The number of hydrogen-bond acceptors (Lipinski definition) is 8. The van der Waals surface area contributed by atoms with E-state index in [2.05, 4.69) is 44.4 Å². The van der Waals surface area contributed by atoms with E-state index in [1.54, 1.807) is 0 Å². The van der Waals surface area contributed by atoms with Crippen LogP contribution in [0.15, 0.2) is 0 Å². The van der Waals surface area contributed by atoms with Crippen LogP contribution in [0.3, 0.4) is 0 Å². The average Bonchev–Trinajstić information content (AvgIpc) is 2.41. The van der Waals surface area contributed by atoms with Gasteiger partial charge in [-0.1, -0.05) is 23.6 Å². The summed E-state index contributed by atoms with van der Waals surface area (Å²) in [5.41, 5.74) is 4.50. The van der Waals surface area contributed by atoms with Gasteiger partial charge in [-0.3, -0.25) is 9.59 Å². The molecule has 0 fully saturated rings. The number of hydrogen-bond donors (Lipinski definition) is 1. The Morgan fingerprint density at radius 3 is 1.22 bits per heavy atom. The van der Waals surface area contributed by atoms with Gasteiger partial charge in [-0.2, -0.15) is 0 Å². The maximum atomic E-state index is 9.85. The van der Waals surface area contributed by atoms with Gasteiger partial charge in [0.25, 0.3) is 0 Å². The zero-order valence-electron chi connectivity index (χ0n) is 14.0. The molecule has 0 aromatic rings. The van der Waals surface area contributed by atoms with Crippen LogP contribution in [-0.2, 0) is 33.6 Å². The quantitative estimate of drug-likeness (QED) is 0.165. The van der Waals surface area contributed by atoms with Gasteiger partial charge in [0.1, 0.15) is 6.03 Å². The Kier molecular flexibility index (Phi) is 93.6. The molecule has 0 spiro atoms. The maximum absolute atomic E-state index is 9.85. The van der Waals surface area contributed by atoms with Crippen molar-refractivity contribution in [2.24, 2.45) is 5.73 Å². The first-order valence-corrected chi connectivity index (χ1v) is 6.87. The molecule has 0 heterocycles. The molecule has 0 aliphatic rings. The van der Waals surface area contributed by atoms with Gasteiger partial charge in [0, 0.05) is 20.8 Å². The number of carbonyl (C=O) groups excluding carboxylic acids is 4. The van der Waals surface area contributed by atoms with Crippen LogP contribution < -0.4 is 35.3 Å². The smallest absolute Gasteiger partial charge is 0.793 e. The molecule has 0 aliphatic heterocycles. The van der Waals surface area contributed by atoms with Crippen LogP contribution in [0.2, 0.25) is 0 Å². The molecule has 0 aromatic carbocycles. The molecule has 12 heteroatoms. The minimum atomic E-state index is -0.639. The van der Waals surface area contributed by atoms with E-state index < -0.39 is 17.9 Å². The number of rotatable bonds is 0. The zero-order chi connectivity index (χ0) is 18.3. The third-order valence-corrected chi connectivity index (χ3v) is 0.442. The predicted octanol–water partition coefficient (Wildman–Crippen LogP) is -2.19. The Morgan fingerprint density at radius 2 is 1.17 bits per heavy atom. The first-order chi connectivity index (χ1) is 9.72. The molecule has 2 atom stereocenters. The Morgan fingerprint density at radius 1 is 1.04 bits per heavy atom. The van der Waals surface area contributed by atoms with Crippen LogP contribution in [0, 0.1) is 0 Å². The van der Waals surface area contributed by atoms with Crippen molar-refractivity contribution in [2.45, 2.75) is 35.1 Å². The molecule has 2 unspecified atom stereocenters. The van der Waals surface area contributed by atoms with Crippen molar-refractivity contribution in [3.63, 3.8) is 0 Å². The summed E-state index contributed by atoms with van der Waals surface area (Å²) in [6, 6.07) is 0.667. The molecular formula is C11H28BNNaO7P2. The van der Waals surface area contributed by atoms with Crippen LogP contribution in [0.1, 0.15) is 35.1 Å². The van der Waals surface area contributed by atoms with Crippen LogP contribution in [-0.4, -0.2) is 45.2 Å². The van der Waals surface area contributed by atoms with Crippen molar-refractivity contribution in [2.75, 3.05) is 13.2 Å². The Labute approximate surface area is 167 Å². The zero-order valence-corrected chi connectivity index (χ0v) is 18.3. The summed E-state index contributed by atoms with van der Waals surface area (Å²) >= 11 is 0. The van der Waals surface area contributed by atoms with Gasteiger partial charge in [-0.25, -0.2) is 19.4 Å². The van der Waals surface area contributed by atoms with Crippen LogP contribution in [0.4, 0.5) is 0 Å². The second kappa shape index (κ2) is 49.5. The van der Waals surface area contributed by atoms with Crippen molar-refractivity contribution in [1.82, 2.24) is 0 Å². The van der Waals surface area contributed by atoms with Crippen LogP contribution >= 0.6 is 18.5 Å². The fourth-order valence-electron chi connectivity index (χ4n) is 0.117. The van der Waals surface area contributed by atoms with Gasteiger partial charge in [-0.15, -0.1) is 9.24 Å². The van der Waals surface area contributed by atoms with Crippen LogP contribution in [0.25, 0.3) is 0 Å². The molecular weight excluding hydrogens is 354 g/mol. The molecule has 0 amide bonds. The maximum Gasteiger partial charge on any atom is 1.00 e. The Bertz CT molecular complexity index is 249. The topological polar surface area (TPSA) is 122 Å². The Hall–Kier alpha value is -0.0351. The van der Waals surface area contributed by atoms with Gasteiger partial charge in [0.05, 0.1) is 0 Å². The molecule has 0 rings (SSSR count). The van der Waals surface area contributed by atoms with E-state index in [0.29, 0.717) is 6.03 Å². The summed E-state index contributed by atoms with van der Waals surface area (Å²) in [5.74, 6) is -1.74. The van der Waals surface area contributed by atoms with Crippen LogP contribution in [0.5, 0.6) is 0 Å². The fraction of sp³-hybridized carbons (Fsp3) is 0.636. The van der Waals surface area contributed by atoms with Gasteiger partial charge in [-0.05, 0) is 13.2 Å². The Balaban J connectivity index is -0.0000000300. The first-order valence-electron chi connectivity index (χ1n) is 5.39. The molecule has 3 radical (unpaired) electrons. The van der Waals surface area contributed by atoms with Gasteiger partial charge in [0.2, 0.25) is 5.97 Å². The van der Waals surface area contributed by atoms with Crippen molar-refractivity contribution in [3.05, 3.63) is 0 Å². The normalized spacial score (nSPS) is 5.78. The summed E-state index contributed by atoms with van der Waals surface area (Å²) < 4.78 is 3.61. The molecule has 0 bridgehead atoms. The standard InChI is InChI=1S/C4H6O4.C2H3BO2.C2H7P.CH5N.CH3OP.CH4.Na/c1-3(5)7-8-4(2)6;1-2(4)5-3;1-2-3;1-2;2-1-3;;/h1-2H3;1H3;2-3H2,1H3;2H2,1H3;1H,3H2;1H4;/q;-1;;;;;+1. The van der Waals surface area contributed by atoms with Crippen molar-refractivity contribution in [3.8, 4) is 0 Å². The van der Waals surface area contributed by atoms with Crippen molar-refractivity contribution in [1.29, 1.82) is 0 Å². The summed E-state index contributed by atoms with van der Waals surface area (Å²) in [7, 11) is 10.3. The monoisotopic (exact) mass is 382 g/mol. The molecule has 133 valence electrons. The molecule has 0 aliphatic carbocycles. The summed E-state index contributed by atoms with van der Waals surface area (Å²) in [6.45, 7) is 5.61. The van der Waals surface area contributed by atoms with E-state index in [4.69, 9.17) is 4.79 Å². The molecule has 2 N–H and O–H groups in total. The van der Waals surface area contributed by atoms with E-state index >= 15 is 0 Å². The molecule has 8 nitrogen and oxygen atoms in total. The molecule has 0 saturated heterocycles. The predicted molar refractivity (Wildman–Crippen MR) is 94.6 cm³/mol. The first kappa shape index (κ1) is 43.5. The SMILES string of the molecule is C.CC(=O)OOC(C)=O.CCP.CN.O=CP.[B-]OC(C)=O.[Na+]. The van der Waals surface area contributed by atoms with E-state index in [9.17, 15) is 14.4 Å². The largest absolute Gasteiger partial charge is 1.00 e. The van der Waals surface area contributed by atoms with Crippen molar-refractivity contribution < 1.29 is 63.2 Å². The van der Waals surface area contributed by atoms with Gasteiger partial charge < -0.3 is 18.4 Å². The van der Waals surface area contributed by atoms with E-state index in [-0.39, 0.29) is 37.0 Å². The van der Waals surface area contributed by atoms with Crippen molar-refractivity contribution >= 4 is 50.5 Å². The second-order valence-corrected chi connectivity index (χ2v) is 3.39. The molecule has 0 aromatic heterocycles. The second-order valence-electron chi connectivity index (χ2n) is 2.30. The fourth-order valence-corrected chi connectivity index (χ4v) is 0.117.